The van der Waals surface area contributed by atoms with Gasteiger partial charge in [0.15, 0.2) is 6.10 Å². The molecule has 2 unspecified atom stereocenters. The normalized spacial score (nSPS) is 37.8. The van der Waals surface area contributed by atoms with Crippen LogP contribution in [0, 0.1) is 5.92 Å². The van der Waals surface area contributed by atoms with Crippen LogP contribution in [0.4, 0.5) is 0 Å². The van der Waals surface area contributed by atoms with E-state index in [0.717, 1.165) is 12.8 Å². The van der Waals surface area contributed by atoms with Crippen molar-refractivity contribution in [3.05, 3.63) is 0 Å². The molecule has 0 aromatic rings. The Morgan fingerprint density at radius 1 is 1.25 bits per heavy atom. The monoisotopic (exact) mass is 227 g/mol. The standard InChI is InChI=1S/C11H17NO4/c1-6-4-7(5-6)12-10(13)8-2-3-9(16-8)11(14)15/h6-9H,2-5H2,1H3,(H,12,13)(H,14,15). The fraction of sp³-hybridized carbons (Fsp3) is 0.818. The lowest BCUT2D eigenvalue weighted by Gasteiger charge is -2.33. The van der Waals surface area contributed by atoms with E-state index >= 15 is 0 Å². The van der Waals surface area contributed by atoms with Gasteiger partial charge in [-0.25, -0.2) is 4.79 Å². The number of carbonyl (C=O) groups excluding carboxylic acids is 1. The lowest BCUT2D eigenvalue weighted by Crippen LogP contribution is -2.47. The molecule has 1 amide bonds. The van der Waals surface area contributed by atoms with E-state index in [1.807, 2.05) is 0 Å². The zero-order valence-corrected chi connectivity index (χ0v) is 9.31. The number of carbonyl (C=O) groups is 2. The zero-order valence-electron chi connectivity index (χ0n) is 9.31. The molecule has 1 heterocycles. The van der Waals surface area contributed by atoms with Crippen LogP contribution in [-0.2, 0) is 14.3 Å². The van der Waals surface area contributed by atoms with Crippen LogP contribution in [0.5, 0.6) is 0 Å². The second-order valence-corrected chi connectivity index (χ2v) is 4.81. The summed E-state index contributed by atoms with van der Waals surface area (Å²) < 4.78 is 5.17. The molecule has 1 saturated carbocycles. The maximum atomic E-state index is 11.7. The molecule has 0 radical (unpaired) electrons. The Morgan fingerprint density at radius 3 is 2.38 bits per heavy atom. The highest BCUT2D eigenvalue weighted by molar-refractivity contribution is 5.82. The van der Waals surface area contributed by atoms with Gasteiger partial charge in [0.2, 0.25) is 5.91 Å². The summed E-state index contributed by atoms with van der Waals surface area (Å²) in [5.41, 5.74) is 0. The zero-order chi connectivity index (χ0) is 11.7. The van der Waals surface area contributed by atoms with E-state index in [4.69, 9.17) is 9.84 Å². The van der Waals surface area contributed by atoms with E-state index in [1.165, 1.54) is 0 Å². The predicted molar refractivity (Wildman–Crippen MR) is 55.9 cm³/mol. The summed E-state index contributed by atoms with van der Waals surface area (Å²) in [6.45, 7) is 2.15. The van der Waals surface area contributed by atoms with Crippen LogP contribution in [0.15, 0.2) is 0 Å². The lowest BCUT2D eigenvalue weighted by atomic mass is 9.82. The SMILES string of the molecule is CC1CC(NC(=O)C2CCC(C(=O)O)O2)C1. The van der Waals surface area contributed by atoms with Gasteiger partial charge in [-0.1, -0.05) is 6.92 Å². The Bertz CT molecular complexity index is 298. The van der Waals surface area contributed by atoms with Crippen LogP contribution in [0.2, 0.25) is 0 Å². The smallest absolute Gasteiger partial charge is 0.332 e. The largest absolute Gasteiger partial charge is 0.479 e. The lowest BCUT2D eigenvalue weighted by molar-refractivity contribution is -0.152. The molecule has 2 rings (SSSR count). The molecule has 2 fully saturated rings. The molecule has 1 aliphatic heterocycles. The molecule has 1 saturated heterocycles. The summed E-state index contributed by atoms with van der Waals surface area (Å²) in [7, 11) is 0. The summed E-state index contributed by atoms with van der Waals surface area (Å²) in [5.74, 6) is -0.449. The maximum absolute atomic E-state index is 11.7. The maximum Gasteiger partial charge on any atom is 0.332 e. The summed E-state index contributed by atoms with van der Waals surface area (Å²) in [4.78, 5) is 22.3. The van der Waals surface area contributed by atoms with Crippen LogP contribution in [-0.4, -0.2) is 35.2 Å². The van der Waals surface area contributed by atoms with Crippen molar-refractivity contribution >= 4 is 11.9 Å². The van der Waals surface area contributed by atoms with Gasteiger partial charge in [0, 0.05) is 6.04 Å². The van der Waals surface area contributed by atoms with E-state index in [2.05, 4.69) is 12.2 Å². The number of aliphatic carboxylic acids is 1. The molecule has 1 aliphatic carbocycles. The van der Waals surface area contributed by atoms with Gasteiger partial charge in [-0.15, -0.1) is 0 Å². The first-order chi connectivity index (χ1) is 7.56. The molecular formula is C11H17NO4. The Balaban J connectivity index is 1.76. The van der Waals surface area contributed by atoms with E-state index in [9.17, 15) is 9.59 Å². The molecular weight excluding hydrogens is 210 g/mol. The topological polar surface area (TPSA) is 75.6 Å². The minimum atomic E-state index is -0.979. The Kier molecular flexibility index (Phi) is 3.14. The van der Waals surface area contributed by atoms with Crippen LogP contribution in [0.25, 0.3) is 0 Å². The average Bonchev–Trinajstić information content (AvgIpc) is 2.63. The van der Waals surface area contributed by atoms with E-state index in [0.29, 0.717) is 18.8 Å². The molecule has 0 spiro atoms. The van der Waals surface area contributed by atoms with Gasteiger partial charge < -0.3 is 15.2 Å². The minimum absolute atomic E-state index is 0.152. The quantitative estimate of drug-likeness (QED) is 0.737. The number of carboxylic acid groups (broad SMARTS) is 1. The second kappa shape index (κ2) is 4.41. The molecule has 0 aromatic carbocycles. The first kappa shape index (κ1) is 11.4. The Labute approximate surface area is 94.2 Å². The highest BCUT2D eigenvalue weighted by Gasteiger charge is 2.36. The van der Waals surface area contributed by atoms with Crippen molar-refractivity contribution in [1.29, 1.82) is 0 Å². The minimum Gasteiger partial charge on any atom is -0.479 e. The van der Waals surface area contributed by atoms with E-state index in [1.54, 1.807) is 0 Å². The molecule has 0 aromatic heterocycles. The fourth-order valence-corrected chi connectivity index (χ4v) is 2.33. The van der Waals surface area contributed by atoms with Gasteiger partial charge in [-0.2, -0.15) is 0 Å². The summed E-state index contributed by atoms with van der Waals surface area (Å²) in [6, 6.07) is 0.259. The third kappa shape index (κ3) is 2.35. The van der Waals surface area contributed by atoms with Gasteiger partial charge >= 0.3 is 5.97 Å². The van der Waals surface area contributed by atoms with Gasteiger partial charge in [-0.05, 0) is 31.6 Å². The second-order valence-electron chi connectivity index (χ2n) is 4.81. The molecule has 16 heavy (non-hydrogen) atoms. The van der Waals surface area contributed by atoms with Crippen molar-refractivity contribution < 1.29 is 19.4 Å². The van der Waals surface area contributed by atoms with Gasteiger partial charge in [0.1, 0.15) is 6.10 Å². The number of amides is 1. The van der Waals surface area contributed by atoms with Crippen LogP contribution >= 0.6 is 0 Å². The number of hydrogen-bond acceptors (Lipinski definition) is 3. The third-order valence-electron chi connectivity index (χ3n) is 3.31. The number of hydrogen-bond donors (Lipinski definition) is 2. The number of ether oxygens (including phenoxy) is 1. The Morgan fingerprint density at radius 2 is 1.88 bits per heavy atom. The van der Waals surface area contributed by atoms with Crippen molar-refractivity contribution in [2.75, 3.05) is 0 Å². The number of nitrogens with one attached hydrogen (secondary N) is 1. The number of rotatable bonds is 3. The van der Waals surface area contributed by atoms with Crippen molar-refractivity contribution in [2.45, 2.75) is 50.9 Å². The molecule has 5 heteroatoms. The molecule has 90 valence electrons. The average molecular weight is 227 g/mol. The van der Waals surface area contributed by atoms with Gasteiger partial charge in [-0.3, -0.25) is 4.79 Å². The van der Waals surface area contributed by atoms with Crippen molar-refractivity contribution in [1.82, 2.24) is 5.32 Å². The number of carboxylic acids is 1. The summed E-state index contributed by atoms with van der Waals surface area (Å²) in [6.07, 6.45) is 1.58. The van der Waals surface area contributed by atoms with E-state index < -0.39 is 18.2 Å². The summed E-state index contributed by atoms with van der Waals surface area (Å²) in [5, 5.41) is 11.6. The Hall–Kier alpha value is -1.10. The first-order valence-electron chi connectivity index (χ1n) is 5.75. The highest BCUT2D eigenvalue weighted by atomic mass is 16.5. The van der Waals surface area contributed by atoms with Crippen molar-refractivity contribution in [3.8, 4) is 0 Å². The molecule has 5 nitrogen and oxygen atoms in total. The van der Waals surface area contributed by atoms with Crippen LogP contribution in [0.1, 0.15) is 32.6 Å². The highest BCUT2D eigenvalue weighted by Crippen LogP contribution is 2.27. The third-order valence-corrected chi connectivity index (χ3v) is 3.31. The molecule has 2 aliphatic rings. The van der Waals surface area contributed by atoms with Crippen molar-refractivity contribution in [3.63, 3.8) is 0 Å². The molecule has 2 atom stereocenters. The van der Waals surface area contributed by atoms with Crippen molar-refractivity contribution in [2.24, 2.45) is 5.92 Å². The fourth-order valence-electron chi connectivity index (χ4n) is 2.33. The molecule has 0 bridgehead atoms. The summed E-state index contributed by atoms with van der Waals surface area (Å²) >= 11 is 0. The van der Waals surface area contributed by atoms with Gasteiger partial charge in [0.05, 0.1) is 0 Å². The van der Waals surface area contributed by atoms with Crippen LogP contribution < -0.4 is 5.32 Å². The molecule has 2 N–H and O–H groups in total. The van der Waals surface area contributed by atoms with E-state index in [-0.39, 0.29) is 11.9 Å². The first-order valence-corrected chi connectivity index (χ1v) is 5.75. The van der Waals surface area contributed by atoms with Crippen LogP contribution in [0.3, 0.4) is 0 Å². The van der Waals surface area contributed by atoms with Gasteiger partial charge in [0.25, 0.3) is 0 Å². The predicted octanol–water partition coefficient (Wildman–Crippen LogP) is 0.533.